The van der Waals surface area contributed by atoms with Crippen molar-refractivity contribution in [2.45, 2.75) is 19.2 Å². The number of ether oxygens (including phenoxy) is 1. The Hall–Kier alpha value is -3.92. The van der Waals surface area contributed by atoms with Crippen LogP contribution in [0.15, 0.2) is 60.9 Å². The average Bonchev–Trinajstić information content (AvgIpc) is 2.79. The molecule has 0 bridgehead atoms. The summed E-state index contributed by atoms with van der Waals surface area (Å²) in [5, 5.41) is 13.3. The van der Waals surface area contributed by atoms with Crippen molar-refractivity contribution >= 4 is 22.4 Å². The topological polar surface area (TPSA) is 106 Å². The third-order valence-corrected chi connectivity index (χ3v) is 4.99. The van der Waals surface area contributed by atoms with E-state index in [1.807, 2.05) is 6.92 Å². The van der Waals surface area contributed by atoms with Gasteiger partial charge in [0.1, 0.15) is 5.75 Å². The molecule has 4 aromatic rings. The number of fused-ring (bicyclic) bond motifs is 1. The van der Waals surface area contributed by atoms with Crippen LogP contribution in [0.5, 0.6) is 11.6 Å². The summed E-state index contributed by atoms with van der Waals surface area (Å²) in [6.45, 7) is 1.18. The molecular weight excluding hydrogens is 435 g/mol. The number of aliphatic hydroxyl groups excluding tert-OH is 1. The van der Waals surface area contributed by atoms with Crippen molar-refractivity contribution in [2.24, 2.45) is 0 Å². The Kier molecular flexibility index (Phi) is 6.01. The molecule has 7 nitrogen and oxygen atoms in total. The minimum absolute atomic E-state index is 0.111. The van der Waals surface area contributed by atoms with Crippen molar-refractivity contribution in [1.29, 1.82) is 0 Å². The number of alkyl halides is 3. The molecule has 0 saturated heterocycles. The van der Waals surface area contributed by atoms with Crippen molar-refractivity contribution in [1.82, 2.24) is 15.0 Å². The molecule has 0 fully saturated rings. The van der Waals surface area contributed by atoms with Crippen LogP contribution in [0, 0.1) is 6.92 Å². The van der Waals surface area contributed by atoms with Crippen LogP contribution in [-0.4, -0.2) is 38.9 Å². The number of hydrogen-bond acceptors (Lipinski definition) is 7. The number of nitrogens with two attached hydrogens (primary N) is 1. The molecule has 1 atom stereocenters. The van der Waals surface area contributed by atoms with Crippen molar-refractivity contribution in [3.63, 3.8) is 0 Å². The number of pyridine rings is 1. The van der Waals surface area contributed by atoms with Gasteiger partial charge in [-0.3, -0.25) is 0 Å². The number of nitrogens with zero attached hydrogens (tertiary/aromatic N) is 3. The third kappa shape index (κ3) is 4.80. The standard InChI is InChI=1S/C23H20F3N5O2/c1-13-7-8-14-15(4-2-6-17(14)30-12-19(32)23(24,25)26)20(13)33-21-16(5-3-10-28-21)18-9-11-29-22(27)31-18/h2-11,19,30,32H,12H2,1H3,(H2,27,29,31)/t19-/m0/s1. The van der Waals surface area contributed by atoms with E-state index in [9.17, 15) is 18.3 Å². The van der Waals surface area contributed by atoms with Crippen LogP contribution in [0.4, 0.5) is 24.8 Å². The quantitative estimate of drug-likeness (QED) is 0.387. The van der Waals surface area contributed by atoms with Gasteiger partial charge in [-0.2, -0.15) is 13.2 Å². The Labute approximate surface area is 187 Å². The van der Waals surface area contributed by atoms with Crippen LogP contribution < -0.4 is 15.8 Å². The highest BCUT2D eigenvalue weighted by Crippen LogP contribution is 2.38. The van der Waals surface area contributed by atoms with Crippen LogP contribution >= 0.6 is 0 Å². The number of aryl methyl sites for hydroxylation is 1. The lowest BCUT2D eigenvalue weighted by Gasteiger charge is -2.18. The normalized spacial score (nSPS) is 12.5. The summed E-state index contributed by atoms with van der Waals surface area (Å²) in [6.07, 6.45) is -4.08. The van der Waals surface area contributed by atoms with Crippen molar-refractivity contribution in [3.05, 3.63) is 66.5 Å². The summed E-state index contributed by atoms with van der Waals surface area (Å²) < 4.78 is 44.3. The molecule has 2 aromatic carbocycles. The van der Waals surface area contributed by atoms with E-state index in [0.29, 0.717) is 33.5 Å². The molecular formula is C23H20F3N5O2. The number of nitrogen functional groups attached to an aromatic ring is 1. The number of hydrogen-bond donors (Lipinski definition) is 3. The van der Waals surface area contributed by atoms with E-state index in [1.54, 1.807) is 54.7 Å². The first-order valence-corrected chi connectivity index (χ1v) is 9.97. The fourth-order valence-electron chi connectivity index (χ4n) is 3.34. The van der Waals surface area contributed by atoms with Crippen molar-refractivity contribution in [3.8, 4) is 22.9 Å². The van der Waals surface area contributed by atoms with Gasteiger partial charge in [0.05, 0.1) is 11.3 Å². The Morgan fingerprint density at radius 2 is 1.85 bits per heavy atom. The Balaban J connectivity index is 1.72. The smallest absolute Gasteiger partial charge is 0.416 e. The maximum Gasteiger partial charge on any atom is 0.416 e. The fraction of sp³-hybridized carbons (Fsp3) is 0.174. The monoisotopic (exact) mass is 455 g/mol. The summed E-state index contributed by atoms with van der Waals surface area (Å²) in [5.74, 6) is 0.895. The molecule has 33 heavy (non-hydrogen) atoms. The minimum atomic E-state index is -4.71. The number of benzene rings is 2. The van der Waals surface area contributed by atoms with Gasteiger partial charge in [0.2, 0.25) is 11.8 Å². The van der Waals surface area contributed by atoms with Gasteiger partial charge in [-0.05, 0) is 36.8 Å². The third-order valence-electron chi connectivity index (χ3n) is 4.99. The van der Waals surface area contributed by atoms with E-state index in [4.69, 9.17) is 10.5 Å². The van der Waals surface area contributed by atoms with Gasteiger partial charge in [-0.1, -0.05) is 24.3 Å². The minimum Gasteiger partial charge on any atom is -0.437 e. The van der Waals surface area contributed by atoms with E-state index < -0.39 is 18.8 Å². The summed E-state index contributed by atoms with van der Waals surface area (Å²) in [7, 11) is 0. The maximum absolute atomic E-state index is 12.7. The van der Waals surface area contributed by atoms with Gasteiger partial charge in [0, 0.05) is 35.4 Å². The number of aliphatic hydroxyl groups is 1. The number of rotatable bonds is 6. The lowest BCUT2D eigenvalue weighted by atomic mass is 10.0. The zero-order chi connectivity index (χ0) is 23.6. The summed E-state index contributed by atoms with van der Waals surface area (Å²) >= 11 is 0. The lowest BCUT2D eigenvalue weighted by molar-refractivity contribution is -0.198. The Morgan fingerprint density at radius 3 is 2.61 bits per heavy atom. The van der Waals surface area contributed by atoms with Crippen LogP contribution in [0.2, 0.25) is 0 Å². The average molecular weight is 455 g/mol. The van der Waals surface area contributed by atoms with Gasteiger partial charge >= 0.3 is 6.18 Å². The molecule has 0 spiro atoms. The number of halogens is 3. The van der Waals surface area contributed by atoms with Crippen LogP contribution in [-0.2, 0) is 0 Å². The van der Waals surface area contributed by atoms with Gasteiger partial charge in [0.25, 0.3) is 0 Å². The molecule has 2 aromatic heterocycles. The van der Waals surface area contributed by atoms with Crippen molar-refractivity contribution in [2.75, 3.05) is 17.6 Å². The van der Waals surface area contributed by atoms with E-state index in [-0.39, 0.29) is 11.8 Å². The fourth-order valence-corrected chi connectivity index (χ4v) is 3.34. The van der Waals surface area contributed by atoms with Crippen LogP contribution in [0.25, 0.3) is 22.0 Å². The first-order chi connectivity index (χ1) is 15.7. The summed E-state index contributed by atoms with van der Waals surface area (Å²) in [6, 6.07) is 13.9. The highest BCUT2D eigenvalue weighted by atomic mass is 19.4. The van der Waals surface area contributed by atoms with Crippen LogP contribution in [0.1, 0.15) is 5.56 Å². The molecule has 4 rings (SSSR count). The molecule has 0 aliphatic carbocycles. The second kappa shape index (κ2) is 8.91. The van der Waals surface area contributed by atoms with Gasteiger partial charge in [-0.25, -0.2) is 15.0 Å². The van der Waals surface area contributed by atoms with Crippen molar-refractivity contribution < 1.29 is 23.0 Å². The first kappa shape index (κ1) is 22.3. The zero-order valence-corrected chi connectivity index (χ0v) is 17.5. The molecule has 0 saturated carbocycles. The SMILES string of the molecule is Cc1ccc2c(NC[C@H](O)C(F)(F)F)cccc2c1Oc1ncccc1-c1ccnc(N)n1. The molecule has 10 heteroatoms. The van der Waals surface area contributed by atoms with Gasteiger partial charge in [-0.15, -0.1) is 0 Å². The Morgan fingerprint density at radius 1 is 1.03 bits per heavy atom. The number of anilines is 2. The lowest BCUT2D eigenvalue weighted by Crippen LogP contribution is -2.35. The van der Waals surface area contributed by atoms with E-state index in [1.165, 1.54) is 6.20 Å². The number of aromatic nitrogens is 3. The first-order valence-electron chi connectivity index (χ1n) is 9.97. The van der Waals surface area contributed by atoms with Gasteiger partial charge < -0.3 is 20.9 Å². The van der Waals surface area contributed by atoms with E-state index in [0.717, 1.165) is 5.56 Å². The molecule has 170 valence electrons. The predicted octanol–water partition coefficient (Wildman–Crippen LogP) is 4.71. The zero-order valence-electron chi connectivity index (χ0n) is 17.5. The van der Waals surface area contributed by atoms with E-state index >= 15 is 0 Å². The van der Waals surface area contributed by atoms with Crippen LogP contribution in [0.3, 0.4) is 0 Å². The number of nitrogens with one attached hydrogen (secondary N) is 1. The molecule has 0 unspecified atom stereocenters. The summed E-state index contributed by atoms with van der Waals surface area (Å²) in [4.78, 5) is 12.5. The second-order valence-corrected chi connectivity index (χ2v) is 7.31. The maximum atomic E-state index is 12.7. The van der Waals surface area contributed by atoms with Gasteiger partial charge in [0.15, 0.2) is 6.10 Å². The molecule has 0 radical (unpaired) electrons. The predicted molar refractivity (Wildman–Crippen MR) is 119 cm³/mol. The molecule has 0 amide bonds. The largest absolute Gasteiger partial charge is 0.437 e. The highest BCUT2D eigenvalue weighted by Gasteiger charge is 2.37. The molecule has 2 heterocycles. The Bertz CT molecular complexity index is 1300. The molecule has 4 N–H and O–H groups in total. The molecule has 0 aliphatic rings. The summed E-state index contributed by atoms with van der Waals surface area (Å²) in [5.41, 5.74) is 8.08. The highest BCUT2D eigenvalue weighted by molar-refractivity contribution is 5.98. The molecule has 0 aliphatic heterocycles. The second-order valence-electron chi connectivity index (χ2n) is 7.31. The van der Waals surface area contributed by atoms with E-state index in [2.05, 4.69) is 20.3 Å².